The Morgan fingerprint density at radius 3 is 2.41 bits per heavy atom. The van der Waals surface area contributed by atoms with E-state index < -0.39 is 32.8 Å². The van der Waals surface area contributed by atoms with E-state index in [0.29, 0.717) is 0 Å². The molecule has 22 heavy (non-hydrogen) atoms. The first kappa shape index (κ1) is 16.6. The van der Waals surface area contributed by atoms with E-state index in [1.54, 1.807) is 0 Å². The van der Waals surface area contributed by atoms with Crippen molar-refractivity contribution in [2.75, 3.05) is 34.3 Å². The van der Waals surface area contributed by atoms with Crippen LogP contribution in [0, 0.1) is 11.6 Å². The Labute approximate surface area is 127 Å². The van der Waals surface area contributed by atoms with Crippen LogP contribution < -0.4 is 4.74 Å². The first-order valence-corrected chi connectivity index (χ1v) is 7.92. The Kier molecular flexibility index (Phi) is 4.39. The van der Waals surface area contributed by atoms with Gasteiger partial charge in [-0.2, -0.15) is 4.39 Å². The fraction of sp³-hybridized carbons (Fsp3) is 0.462. The second-order valence-electron chi connectivity index (χ2n) is 5.13. The van der Waals surface area contributed by atoms with Crippen LogP contribution in [0.1, 0.15) is 10.4 Å². The predicted octanol–water partition coefficient (Wildman–Crippen LogP) is 0.689. The summed E-state index contributed by atoms with van der Waals surface area (Å²) in [6.07, 6.45) is 0. The molecule has 1 aromatic rings. The molecule has 9 heteroatoms. The quantitative estimate of drug-likeness (QED) is 0.812. The van der Waals surface area contributed by atoms with Gasteiger partial charge in [-0.1, -0.05) is 0 Å². The molecule has 1 aliphatic rings. The molecule has 6 nitrogen and oxygen atoms in total. The highest BCUT2D eigenvalue weighted by Gasteiger charge is 2.41. The highest BCUT2D eigenvalue weighted by Crippen LogP contribution is 2.25. The zero-order valence-corrected chi connectivity index (χ0v) is 13.2. The second-order valence-corrected chi connectivity index (χ2v) is 7.56. The maximum absolute atomic E-state index is 13.4. The largest absolute Gasteiger partial charge is 0.494 e. The molecule has 1 saturated heterocycles. The van der Waals surface area contributed by atoms with E-state index in [1.807, 2.05) is 0 Å². The first-order chi connectivity index (χ1) is 10.2. The van der Waals surface area contributed by atoms with Crippen LogP contribution in [-0.4, -0.2) is 63.1 Å². The number of benzene rings is 1. The number of ether oxygens (including phenoxy) is 1. The zero-order chi connectivity index (χ0) is 16.7. The van der Waals surface area contributed by atoms with Gasteiger partial charge in [0.15, 0.2) is 11.6 Å². The van der Waals surface area contributed by atoms with Gasteiger partial charge >= 0.3 is 0 Å². The molecule has 0 aliphatic carbocycles. The fourth-order valence-corrected chi connectivity index (χ4v) is 3.44. The minimum Gasteiger partial charge on any atom is -0.494 e. The van der Waals surface area contributed by atoms with Gasteiger partial charge in [-0.3, -0.25) is 4.79 Å². The number of likely N-dealkylation sites (tertiary alicyclic amines) is 1. The van der Waals surface area contributed by atoms with E-state index in [4.69, 9.17) is 0 Å². The van der Waals surface area contributed by atoms with E-state index in [-0.39, 0.29) is 24.4 Å². The molecular formula is C13H16F2N2O4S. The van der Waals surface area contributed by atoms with Crippen molar-refractivity contribution in [2.45, 2.75) is 5.25 Å². The number of nitrogens with zero attached hydrogens (tertiary/aromatic N) is 2. The summed E-state index contributed by atoms with van der Waals surface area (Å²) in [5.41, 5.74) is -0.0866. The summed E-state index contributed by atoms with van der Waals surface area (Å²) in [5, 5.41) is -0.682. The number of hydrogen-bond acceptors (Lipinski definition) is 4. The van der Waals surface area contributed by atoms with E-state index in [2.05, 4.69) is 4.74 Å². The molecule has 0 unspecified atom stereocenters. The average molecular weight is 334 g/mol. The molecule has 0 radical (unpaired) electrons. The Bertz CT molecular complexity index is 700. The summed E-state index contributed by atoms with van der Waals surface area (Å²) in [6.45, 7) is 0.0291. The van der Waals surface area contributed by atoms with Crippen LogP contribution in [0.15, 0.2) is 12.1 Å². The third-order valence-electron chi connectivity index (χ3n) is 3.53. The predicted molar refractivity (Wildman–Crippen MR) is 75.2 cm³/mol. The summed E-state index contributed by atoms with van der Waals surface area (Å²) < 4.78 is 56.3. The molecule has 0 atom stereocenters. The minimum absolute atomic E-state index is 0.0145. The minimum atomic E-state index is -3.44. The molecule has 0 saturated carbocycles. The molecule has 0 spiro atoms. The number of halogens is 2. The van der Waals surface area contributed by atoms with Crippen molar-refractivity contribution in [3.05, 3.63) is 29.3 Å². The highest BCUT2D eigenvalue weighted by molar-refractivity contribution is 7.89. The van der Waals surface area contributed by atoms with Crippen LogP contribution in [0.4, 0.5) is 8.78 Å². The molecule has 0 bridgehead atoms. The van der Waals surface area contributed by atoms with Crippen LogP contribution in [0.25, 0.3) is 0 Å². The second kappa shape index (κ2) is 5.81. The number of amides is 1. The maximum atomic E-state index is 13.4. The number of sulfonamides is 1. The summed E-state index contributed by atoms with van der Waals surface area (Å²) in [7, 11) is 0.560. The van der Waals surface area contributed by atoms with Gasteiger partial charge < -0.3 is 9.64 Å². The van der Waals surface area contributed by atoms with E-state index >= 15 is 0 Å². The van der Waals surface area contributed by atoms with Crippen LogP contribution in [0.5, 0.6) is 5.75 Å². The Balaban J connectivity index is 2.14. The van der Waals surface area contributed by atoms with Crippen LogP contribution in [0.3, 0.4) is 0 Å². The summed E-state index contributed by atoms with van der Waals surface area (Å²) >= 11 is 0. The van der Waals surface area contributed by atoms with Gasteiger partial charge in [-0.25, -0.2) is 17.1 Å². The summed E-state index contributed by atoms with van der Waals surface area (Å²) in [6, 6.07) is 1.86. The molecule has 1 heterocycles. The standard InChI is InChI=1S/C13H16F2N2O4S/c1-16(2)22(19,20)9-6-17(7-9)13(18)8-4-10(14)12(15)11(5-8)21-3/h4-5,9H,6-7H2,1-3H3. The molecule has 0 aromatic heterocycles. The van der Waals surface area contributed by atoms with Crippen molar-refractivity contribution in [3.8, 4) is 5.75 Å². The van der Waals surface area contributed by atoms with Crippen LogP contribution in [-0.2, 0) is 10.0 Å². The van der Waals surface area contributed by atoms with Gasteiger partial charge in [0, 0.05) is 32.7 Å². The molecular weight excluding hydrogens is 318 g/mol. The average Bonchev–Trinajstić information content (AvgIpc) is 2.39. The normalized spacial score (nSPS) is 15.8. The molecule has 1 fully saturated rings. The lowest BCUT2D eigenvalue weighted by Crippen LogP contribution is -2.59. The van der Waals surface area contributed by atoms with Crippen molar-refractivity contribution < 1.29 is 26.7 Å². The Morgan fingerprint density at radius 1 is 1.32 bits per heavy atom. The number of hydrogen-bond donors (Lipinski definition) is 0. The van der Waals surface area contributed by atoms with E-state index in [1.165, 1.54) is 19.0 Å². The Morgan fingerprint density at radius 2 is 1.91 bits per heavy atom. The van der Waals surface area contributed by atoms with Crippen molar-refractivity contribution in [1.29, 1.82) is 0 Å². The lowest BCUT2D eigenvalue weighted by atomic mass is 10.1. The third-order valence-corrected chi connectivity index (χ3v) is 5.69. The maximum Gasteiger partial charge on any atom is 0.254 e. The van der Waals surface area contributed by atoms with Crippen molar-refractivity contribution >= 4 is 15.9 Å². The zero-order valence-electron chi connectivity index (χ0n) is 12.3. The molecule has 1 amide bonds. The third kappa shape index (κ3) is 2.78. The van der Waals surface area contributed by atoms with Gasteiger partial charge in [0.2, 0.25) is 15.8 Å². The fourth-order valence-electron chi connectivity index (χ4n) is 2.11. The van der Waals surface area contributed by atoms with Gasteiger partial charge in [0.1, 0.15) is 5.25 Å². The highest BCUT2D eigenvalue weighted by atomic mass is 32.2. The summed E-state index contributed by atoms with van der Waals surface area (Å²) in [4.78, 5) is 13.4. The molecule has 1 aromatic carbocycles. The monoisotopic (exact) mass is 334 g/mol. The summed E-state index contributed by atoms with van der Waals surface area (Å²) in [5.74, 6) is -3.31. The van der Waals surface area contributed by atoms with Gasteiger partial charge in [-0.15, -0.1) is 0 Å². The molecule has 122 valence electrons. The number of carbonyl (C=O) groups excluding carboxylic acids is 1. The van der Waals surface area contributed by atoms with Crippen LogP contribution in [0.2, 0.25) is 0 Å². The number of rotatable bonds is 4. The topological polar surface area (TPSA) is 66.9 Å². The van der Waals surface area contributed by atoms with Gasteiger partial charge in [-0.05, 0) is 12.1 Å². The van der Waals surface area contributed by atoms with Gasteiger partial charge in [0.25, 0.3) is 5.91 Å². The van der Waals surface area contributed by atoms with Crippen molar-refractivity contribution in [1.82, 2.24) is 9.21 Å². The number of carbonyl (C=O) groups is 1. The first-order valence-electron chi connectivity index (χ1n) is 6.42. The van der Waals surface area contributed by atoms with E-state index in [9.17, 15) is 22.0 Å². The SMILES string of the molecule is COc1cc(C(=O)N2CC(S(=O)(=O)N(C)C)C2)cc(F)c1F. The van der Waals surface area contributed by atoms with Gasteiger partial charge in [0.05, 0.1) is 7.11 Å². The van der Waals surface area contributed by atoms with Crippen molar-refractivity contribution in [3.63, 3.8) is 0 Å². The Hall–Kier alpha value is -1.74. The number of methoxy groups -OCH3 is 1. The molecule has 2 rings (SSSR count). The smallest absolute Gasteiger partial charge is 0.254 e. The van der Waals surface area contributed by atoms with Crippen LogP contribution >= 0.6 is 0 Å². The molecule has 0 N–H and O–H groups in total. The lowest BCUT2D eigenvalue weighted by Gasteiger charge is -2.39. The lowest BCUT2D eigenvalue weighted by molar-refractivity contribution is 0.0655. The van der Waals surface area contributed by atoms with Crippen molar-refractivity contribution in [2.24, 2.45) is 0 Å². The molecule has 1 aliphatic heterocycles. The van der Waals surface area contributed by atoms with E-state index in [0.717, 1.165) is 23.5 Å².